The third-order valence-electron chi connectivity index (χ3n) is 6.12. The number of rotatable bonds is 6. The summed E-state index contributed by atoms with van der Waals surface area (Å²) in [5.41, 5.74) is 2.62. The van der Waals surface area contributed by atoms with Gasteiger partial charge in [0, 0.05) is 25.7 Å². The Kier molecular flexibility index (Phi) is 7.14. The normalized spacial score (nSPS) is 18.3. The van der Waals surface area contributed by atoms with Crippen LogP contribution in [0.5, 0.6) is 11.5 Å². The Morgan fingerprint density at radius 2 is 1.18 bits per heavy atom. The topological polar surface area (TPSA) is 93.2 Å². The molecule has 1 unspecified atom stereocenters. The van der Waals surface area contributed by atoms with E-state index in [0.717, 1.165) is 11.1 Å². The second-order valence-corrected chi connectivity index (χ2v) is 12.3. The molecule has 8 nitrogen and oxygen atoms in total. The Morgan fingerprint density at radius 3 is 1.61 bits per heavy atom. The number of methoxy groups -OCH3 is 2. The molecular formula is C23H32N2O6S2. The summed E-state index contributed by atoms with van der Waals surface area (Å²) in [6.45, 7) is 9.00. The molecule has 0 aromatic heterocycles. The number of ether oxygens (including phenoxy) is 2. The zero-order valence-corrected chi connectivity index (χ0v) is 21.8. The van der Waals surface area contributed by atoms with E-state index in [2.05, 4.69) is 0 Å². The summed E-state index contributed by atoms with van der Waals surface area (Å²) < 4.78 is 67.1. The van der Waals surface area contributed by atoms with Crippen molar-refractivity contribution in [3.8, 4) is 11.5 Å². The van der Waals surface area contributed by atoms with Gasteiger partial charge in [-0.2, -0.15) is 8.61 Å². The van der Waals surface area contributed by atoms with Crippen molar-refractivity contribution < 1.29 is 26.3 Å². The molecule has 1 aliphatic heterocycles. The van der Waals surface area contributed by atoms with Crippen LogP contribution in [0.2, 0.25) is 0 Å². The molecule has 0 radical (unpaired) electrons. The van der Waals surface area contributed by atoms with Crippen molar-refractivity contribution in [2.45, 2.75) is 50.5 Å². The van der Waals surface area contributed by atoms with Crippen LogP contribution in [0.4, 0.5) is 0 Å². The van der Waals surface area contributed by atoms with E-state index < -0.39 is 26.1 Å². The van der Waals surface area contributed by atoms with E-state index >= 15 is 0 Å². The smallest absolute Gasteiger partial charge is 0.243 e. The molecule has 0 saturated carbocycles. The van der Waals surface area contributed by atoms with Crippen molar-refractivity contribution in [2.75, 3.05) is 33.9 Å². The summed E-state index contributed by atoms with van der Waals surface area (Å²) in [5, 5.41) is 0. The quantitative estimate of drug-likeness (QED) is 0.610. The molecule has 33 heavy (non-hydrogen) atoms. The molecule has 2 aromatic rings. The van der Waals surface area contributed by atoms with Gasteiger partial charge in [-0.05, 0) is 81.1 Å². The zero-order valence-electron chi connectivity index (χ0n) is 20.2. The Balaban J connectivity index is 1.89. The number of nitrogens with zero attached hydrogens (tertiary/aromatic N) is 2. The molecule has 0 aliphatic carbocycles. The van der Waals surface area contributed by atoms with Gasteiger partial charge in [-0.25, -0.2) is 16.8 Å². The molecule has 1 atom stereocenters. The maximum absolute atomic E-state index is 13.5. The van der Waals surface area contributed by atoms with Crippen molar-refractivity contribution in [1.82, 2.24) is 8.61 Å². The Hall–Kier alpha value is -2.14. The monoisotopic (exact) mass is 496 g/mol. The highest BCUT2D eigenvalue weighted by atomic mass is 32.2. The molecule has 1 heterocycles. The van der Waals surface area contributed by atoms with Gasteiger partial charge in [-0.1, -0.05) is 0 Å². The average molecular weight is 497 g/mol. The van der Waals surface area contributed by atoms with Crippen molar-refractivity contribution >= 4 is 20.0 Å². The third kappa shape index (κ3) is 4.62. The van der Waals surface area contributed by atoms with Gasteiger partial charge in [0.05, 0.1) is 24.0 Å². The lowest BCUT2D eigenvalue weighted by atomic mass is 10.1. The largest absolute Gasteiger partial charge is 0.496 e. The molecule has 2 aromatic carbocycles. The van der Waals surface area contributed by atoms with Crippen LogP contribution in [0.3, 0.4) is 0 Å². The summed E-state index contributed by atoms with van der Waals surface area (Å²) in [6.07, 6.45) is 0. The second kappa shape index (κ2) is 9.25. The minimum Gasteiger partial charge on any atom is -0.496 e. The van der Waals surface area contributed by atoms with Gasteiger partial charge in [0.1, 0.15) is 11.5 Å². The minimum absolute atomic E-state index is 0.0697. The first-order valence-electron chi connectivity index (χ1n) is 10.7. The fourth-order valence-electron chi connectivity index (χ4n) is 4.27. The standard InChI is InChI=1S/C23H32N2O6S2/c1-15-12-22(17(3)10-20(15)30-6)32(26,27)24-8-9-25(19(5)14-24)33(28,29)23-13-16(2)21(31-7)11-18(23)4/h10-13,19H,8-9,14H2,1-7H3. The van der Waals surface area contributed by atoms with Crippen LogP contribution in [-0.4, -0.2) is 65.3 Å². The van der Waals surface area contributed by atoms with Gasteiger partial charge in [0.2, 0.25) is 20.0 Å². The molecular weight excluding hydrogens is 464 g/mol. The van der Waals surface area contributed by atoms with E-state index in [1.807, 2.05) is 0 Å². The lowest BCUT2D eigenvalue weighted by Gasteiger charge is -2.38. The average Bonchev–Trinajstić information content (AvgIpc) is 2.75. The van der Waals surface area contributed by atoms with Crippen LogP contribution in [0.25, 0.3) is 0 Å². The molecule has 3 rings (SSSR count). The van der Waals surface area contributed by atoms with E-state index in [-0.39, 0.29) is 29.4 Å². The summed E-state index contributed by atoms with van der Waals surface area (Å²) in [7, 11) is -4.51. The first kappa shape index (κ1) is 25.5. The van der Waals surface area contributed by atoms with Gasteiger partial charge in [-0.15, -0.1) is 0 Å². The summed E-state index contributed by atoms with van der Waals surface area (Å²) in [4.78, 5) is 0.427. The Morgan fingerprint density at radius 1 is 0.727 bits per heavy atom. The molecule has 1 aliphatic rings. The molecule has 1 saturated heterocycles. The zero-order chi connectivity index (χ0) is 24.7. The predicted octanol–water partition coefficient (Wildman–Crippen LogP) is 3.02. The fraction of sp³-hybridized carbons (Fsp3) is 0.478. The van der Waals surface area contributed by atoms with Gasteiger partial charge < -0.3 is 9.47 Å². The van der Waals surface area contributed by atoms with Crippen LogP contribution >= 0.6 is 0 Å². The van der Waals surface area contributed by atoms with Gasteiger partial charge >= 0.3 is 0 Å². The number of hydrogen-bond donors (Lipinski definition) is 0. The molecule has 0 spiro atoms. The van der Waals surface area contributed by atoms with Crippen LogP contribution in [0.1, 0.15) is 29.2 Å². The molecule has 10 heteroatoms. The molecule has 0 amide bonds. The number of sulfonamides is 2. The maximum atomic E-state index is 13.5. The van der Waals surface area contributed by atoms with E-state index in [0.29, 0.717) is 22.6 Å². The predicted molar refractivity (Wildman–Crippen MR) is 127 cm³/mol. The maximum Gasteiger partial charge on any atom is 0.243 e. The molecule has 182 valence electrons. The first-order chi connectivity index (χ1) is 15.3. The molecule has 0 bridgehead atoms. The van der Waals surface area contributed by atoms with E-state index in [1.54, 1.807) is 73.1 Å². The van der Waals surface area contributed by atoms with E-state index in [9.17, 15) is 16.8 Å². The van der Waals surface area contributed by atoms with Crippen LogP contribution < -0.4 is 9.47 Å². The second-order valence-electron chi connectivity index (χ2n) is 8.50. The Labute approximate surface area is 197 Å². The van der Waals surface area contributed by atoms with Crippen LogP contribution in [0.15, 0.2) is 34.1 Å². The van der Waals surface area contributed by atoms with Crippen LogP contribution in [-0.2, 0) is 20.0 Å². The highest BCUT2D eigenvalue weighted by Crippen LogP contribution is 2.32. The van der Waals surface area contributed by atoms with Crippen molar-refractivity contribution in [3.05, 3.63) is 46.5 Å². The molecule has 0 N–H and O–H groups in total. The Bertz CT molecular complexity index is 1270. The number of piperazine rings is 1. The lowest BCUT2D eigenvalue weighted by Crippen LogP contribution is -2.55. The van der Waals surface area contributed by atoms with Crippen molar-refractivity contribution in [1.29, 1.82) is 0 Å². The SMILES string of the molecule is COc1cc(C)c(S(=O)(=O)N2CCN(S(=O)(=O)c3cc(C)c(OC)cc3C)C(C)C2)cc1C. The first-order valence-corrected chi connectivity index (χ1v) is 13.5. The minimum atomic E-state index is -3.81. The van der Waals surface area contributed by atoms with Gasteiger partial charge in [0.25, 0.3) is 0 Å². The van der Waals surface area contributed by atoms with Crippen LogP contribution in [0, 0.1) is 27.7 Å². The fourth-order valence-corrected chi connectivity index (χ4v) is 7.98. The van der Waals surface area contributed by atoms with Gasteiger partial charge in [0.15, 0.2) is 0 Å². The van der Waals surface area contributed by atoms with E-state index in [1.165, 1.54) is 8.61 Å². The highest BCUT2D eigenvalue weighted by molar-refractivity contribution is 7.89. The van der Waals surface area contributed by atoms with Gasteiger partial charge in [-0.3, -0.25) is 0 Å². The summed E-state index contributed by atoms with van der Waals surface area (Å²) in [5.74, 6) is 1.25. The highest BCUT2D eigenvalue weighted by Gasteiger charge is 2.39. The van der Waals surface area contributed by atoms with E-state index in [4.69, 9.17) is 9.47 Å². The summed E-state index contributed by atoms with van der Waals surface area (Å²) in [6, 6.07) is 6.12. The number of benzene rings is 2. The number of hydrogen-bond acceptors (Lipinski definition) is 6. The third-order valence-corrected chi connectivity index (χ3v) is 10.3. The summed E-state index contributed by atoms with van der Waals surface area (Å²) >= 11 is 0. The van der Waals surface area contributed by atoms with Crippen molar-refractivity contribution in [2.24, 2.45) is 0 Å². The van der Waals surface area contributed by atoms with Crippen molar-refractivity contribution in [3.63, 3.8) is 0 Å². The lowest BCUT2D eigenvalue weighted by molar-refractivity contribution is 0.212. The molecule has 1 fully saturated rings. The number of aryl methyl sites for hydroxylation is 4.